The quantitative estimate of drug-likeness (QED) is 0.852. The number of H-pyrrole nitrogens is 1. The van der Waals surface area contributed by atoms with Crippen LogP contribution in [-0.4, -0.2) is 51.9 Å². The second-order valence-electron chi connectivity index (χ2n) is 6.67. The monoisotopic (exact) mass is 329 g/mol. The van der Waals surface area contributed by atoms with Gasteiger partial charge in [-0.2, -0.15) is 0 Å². The zero-order valence-electron chi connectivity index (χ0n) is 14.6. The predicted molar refractivity (Wildman–Crippen MR) is 93.9 cm³/mol. The molecule has 0 bridgehead atoms. The lowest BCUT2D eigenvalue weighted by molar-refractivity contribution is -0.134. The van der Waals surface area contributed by atoms with Crippen molar-refractivity contribution in [2.45, 2.75) is 38.8 Å². The molecule has 0 unspecified atom stereocenters. The molecule has 1 aromatic heterocycles. The lowest BCUT2D eigenvalue weighted by atomic mass is 9.93. The van der Waals surface area contributed by atoms with Gasteiger partial charge in [-0.1, -0.05) is 37.3 Å². The van der Waals surface area contributed by atoms with Crippen LogP contribution in [0, 0.1) is 6.92 Å². The Morgan fingerprint density at radius 3 is 2.79 bits per heavy atom. The van der Waals surface area contributed by atoms with Crippen molar-refractivity contribution in [2.24, 2.45) is 0 Å². The Kier molecular flexibility index (Phi) is 5.33. The normalized spacial score (nSPS) is 22.0. The van der Waals surface area contributed by atoms with E-state index < -0.39 is 5.60 Å². The van der Waals surface area contributed by atoms with E-state index in [0.29, 0.717) is 13.2 Å². The van der Waals surface area contributed by atoms with Gasteiger partial charge < -0.3 is 14.8 Å². The SMILES string of the molecule is CCc1nc(CN2CCO[C@](CO)(Cc3ccccc3)C2)c(C)[nH]1. The highest BCUT2D eigenvalue weighted by Gasteiger charge is 2.36. The molecule has 2 aromatic rings. The molecule has 1 fully saturated rings. The molecule has 2 heterocycles. The van der Waals surface area contributed by atoms with E-state index in [9.17, 15) is 5.11 Å². The van der Waals surface area contributed by atoms with E-state index in [1.54, 1.807) is 0 Å². The number of aliphatic hydroxyl groups is 1. The number of imidazole rings is 1. The first-order valence-corrected chi connectivity index (χ1v) is 8.69. The van der Waals surface area contributed by atoms with E-state index in [2.05, 4.69) is 40.8 Å². The minimum atomic E-state index is -0.530. The molecule has 1 atom stereocenters. The largest absolute Gasteiger partial charge is 0.393 e. The van der Waals surface area contributed by atoms with Crippen LogP contribution >= 0.6 is 0 Å². The molecule has 130 valence electrons. The van der Waals surface area contributed by atoms with Crippen LogP contribution in [0.3, 0.4) is 0 Å². The van der Waals surface area contributed by atoms with E-state index in [1.165, 1.54) is 5.56 Å². The molecular weight excluding hydrogens is 302 g/mol. The lowest BCUT2D eigenvalue weighted by Crippen LogP contribution is -2.55. The number of aromatic amines is 1. The Hall–Kier alpha value is -1.69. The zero-order chi connectivity index (χ0) is 17.0. The van der Waals surface area contributed by atoms with Gasteiger partial charge in [0.05, 0.1) is 18.9 Å². The fourth-order valence-electron chi connectivity index (χ4n) is 3.38. The van der Waals surface area contributed by atoms with Crippen molar-refractivity contribution in [3.63, 3.8) is 0 Å². The van der Waals surface area contributed by atoms with Gasteiger partial charge in [0.25, 0.3) is 0 Å². The van der Waals surface area contributed by atoms with E-state index in [4.69, 9.17) is 4.74 Å². The fraction of sp³-hybridized carbons (Fsp3) is 0.526. The average molecular weight is 329 g/mol. The fourth-order valence-corrected chi connectivity index (χ4v) is 3.38. The third-order valence-corrected chi connectivity index (χ3v) is 4.73. The first kappa shape index (κ1) is 17.1. The summed E-state index contributed by atoms with van der Waals surface area (Å²) in [5.74, 6) is 1.04. The molecule has 5 heteroatoms. The van der Waals surface area contributed by atoms with Crippen molar-refractivity contribution in [1.82, 2.24) is 14.9 Å². The molecule has 0 saturated carbocycles. The van der Waals surface area contributed by atoms with Crippen molar-refractivity contribution in [3.05, 3.63) is 53.1 Å². The number of aliphatic hydroxyl groups excluding tert-OH is 1. The Bertz CT molecular complexity index is 656. The van der Waals surface area contributed by atoms with Crippen molar-refractivity contribution in [1.29, 1.82) is 0 Å². The molecule has 0 amide bonds. The van der Waals surface area contributed by atoms with Crippen LogP contribution in [0.1, 0.15) is 29.7 Å². The van der Waals surface area contributed by atoms with Crippen molar-refractivity contribution >= 4 is 0 Å². The highest BCUT2D eigenvalue weighted by molar-refractivity contribution is 5.18. The summed E-state index contributed by atoms with van der Waals surface area (Å²) >= 11 is 0. The number of aromatic nitrogens is 2. The predicted octanol–water partition coefficient (Wildman–Crippen LogP) is 2.09. The van der Waals surface area contributed by atoms with Gasteiger partial charge >= 0.3 is 0 Å². The van der Waals surface area contributed by atoms with Gasteiger partial charge in [-0.05, 0) is 12.5 Å². The second-order valence-corrected chi connectivity index (χ2v) is 6.67. The number of morpholine rings is 1. The number of hydrogen-bond donors (Lipinski definition) is 2. The van der Waals surface area contributed by atoms with Gasteiger partial charge in [0.15, 0.2) is 0 Å². The summed E-state index contributed by atoms with van der Waals surface area (Å²) in [6.45, 7) is 7.22. The summed E-state index contributed by atoms with van der Waals surface area (Å²) in [6.07, 6.45) is 1.64. The van der Waals surface area contributed by atoms with E-state index in [1.807, 2.05) is 18.2 Å². The molecular formula is C19H27N3O2. The van der Waals surface area contributed by atoms with Gasteiger partial charge in [0.2, 0.25) is 0 Å². The Morgan fingerprint density at radius 2 is 2.12 bits per heavy atom. The standard InChI is InChI=1S/C19H27N3O2/c1-3-18-20-15(2)17(21-18)12-22-9-10-24-19(13-22,14-23)11-16-7-5-4-6-8-16/h4-8,23H,3,9-14H2,1-2H3,(H,20,21)/t19-/m1/s1. The summed E-state index contributed by atoms with van der Waals surface area (Å²) in [5, 5.41) is 10.0. The van der Waals surface area contributed by atoms with Crippen LogP contribution in [0.15, 0.2) is 30.3 Å². The summed E-state index contributed by atoms with van der Waals surface area (Å²) in [5.41, 5.74) is 2.89. The number of ether oxygens (including phenoxy) is 1. The number of nitrogens with zero attached hydrogens (tertiary/aromatic N) is 2. The maximum absolute atomic E-state index is 10.0. The summed E-state index contributed by atoms with van der Waals surface area (Å²) in [6, 6.07) is 10.2. The van der Waals surface area contributed by atoms with Crippen LogP contribution in [0.5, 0.6) is 0 Å². The number of nitrogens with one attached hydrogen (secondary N) is 1. The molecule has 1 aliphatic heterocycles. The van der Waals surface area contributed by atoms with Gasteiger partial charge in [-0.15, -0.1) is 0 Å². The summed E-state index contributed by atoms with van der Waals surface area (Å²) in [4.78, 5) is 10.4. The van der Waals surface area contributed by atoms with Crippen LogP contribution in [0.25, 0.3) is 0 Å². The lowest BCUT2D eigenvalue weighted by Gasteiger charge is -2.41. The topological polar surface area (TPSA) is 61.4 Å². The molecule has 1 aliphatic rings. The van der Waals surface area contributed by atoms with Crippen LogP contribution in [0.2, 0.25) is 0 Å². The first-order chi connectivity index (χ1) is 11.6. The van der Waals surface area contributed by atoms with Gasteiger partial charge in [0, 0.05) is 38.2 Å². The zero-order valence-corrected chi connectivity index (χ0v) is 14.6. The average Bonchev–Trinajstić information content (AvgIpc) is 2.96. The second kappa shape index (κ2) is 7.47. The number of benzene rings is 1. The summed E-state index contributed by atoms with van der Waals surface area (Å²) in [7, 11) is 0. The summed E-state index contributed by atoms with van der Waals surface area (Å²) < 4.78 is 6.02. The Labute approximate surface area is 143 Å². The molecule has 5 nitrogen and oxygen atoms in total. The maximum Gasteiger partial charge on any atom is 0.108 e. The smallest absolute Gasteiger partial charge is 0.108 e. The minimum Gasteiger partial charge on any atom is -0.393 e. The molecule has 0 spiro atoms. The van der Waals surface area contributed by atoms with Crippen LogP contribution in [-0.2, 0) is 24.1 Å². The molecule has 3 rings (SSSR count). The minimum absolute atomic E-state index is 0.0259. The molecule has 0 radical (unpaired) electrons. The van der Waals surface area contributed by atoms with Gasteiger partial charge in [-0.3, -0.25) is 4.90 Å². The van der Waals surface area contributed by atoms with Crippen LogP contribution in [0.4, 0.5) is 0 Å². The van der Waals surface area contributed by atoms with E-state index in [0.717, 1.165) is 43.1 Å². The van der Waals surface area contributed by atoms with Crippen LogP contribution < -0.4 is 0 Å². The van der Waals surface area contributed by atoms with Crippen molar-refractivity contribution in [3.8, 4) is 0 Å². The Balaban J connectivity index is 1.71. The van der Waals surface area contributed by atoms with E-state index >= 15 is 0 Å². The third kappa shape index (κ3) is 3.86. The molecule has 0 aliphatic carbocycles. The van der Waals surface area contributed by atoms with Crippen molar-refractivity contribution in [2.75, 3.05) is 26.3 Å². The third-order valence-electron chi connectivity index (χ3n) is 4.73. The first-order valence-electron chi connectivity index (χ1n) is 8.69. The maximum atomic E-state index is 10.0. The molecule has 2 N–H and O–H groups in total. The van der Waals surface area contributed by atoms with Gasteiger partial charge in [0.1, 0.15) is 11.4 Å². The number of aryl methyl sites for hydroxylation is 2. The van der Waals surface area contributed by atoms with Gasteiger partial charge in [-0.25, -0.2) is 4.98 Å². The number of rotatable bonds is 6. The van der Waals surface area contributed by atoms with Crippen molar-refractivity contribution < 1.29 is 9.84 Å². The highest BCUT2D eigenvalue weighted by atomic mass is 16.5. The van der Waals surface area contributed by atoms with E-state index in [-0.39, 0.29) is 6.61 Å². The molecule has 1 saturated heterocycles. The Morgan fingerprint density at radius 1 is 1.33 bits per heavy atom. The number of hydrogen-bond acceptors (Lipinski definition) is 4. The highest BCUT2D eigenvalue weighted by Crippen LogP contribution is 2.24. The molecule has 24 heavy (non-hydrogen) atoms. The molecule has 1 aromatic carbocycles.